The molecule has 1 fully saturated rings. The molecule has 0 saturated carbocycles. The van der Waals surface area contributed by atoms with Crippen molar-refractivity contribution in [1.29, 1.82) is 0 Å². The van der Waals surface area contributed by atoms with Crippen LogP contribution in [-0.4, -0.2) is 53.9 Å². The number of methoxy groups -OCH3 is 1. The Balaban J connectivity index is 2.75. The van der Waals surface area contributed by atoms with Gasteiger partial charge in [0, 0.05) is 14.0 Å². The van der Waals surface area contributed by atoms with Crippen LogP contribution in [0.15, 0.2) is 0 Å². The maximum absolute atomic E-state index is 10.9. The minimum absolute atomic E-state index is 0.313. The van der Waals surface area contributed by atoms with Crippen LogP contribution in [-0.2, 0) is 14.3 Å². The fourth-order valence-corrected chi connectivity index (χ4v) is 1.62. The molecule has 1 aliphatic rings. The lowest BCUT2D eigenvalue weighted by atomic mass is 9.97. The van der Waals surface area contributed by atoms with Crippen LogP contribution in [0, 0.1) is 0 Å². The van der Waals surface area contributed by atoms with Crippen molar-refractivity contribution in [3.8, 4) is 0 Å². The molecule has 1 amide bonds. The summed E-state index contributed by atoms with van der Waals surface area (Å²) in [5.74, 6) is -0.313. The highest BCUT2D eigenvalue weighted by Gasteiger charge is 2.43. The van der Waals surface area contributed by atoms with E-state index in [1.54, 1.807) is 6.92 Å². The number of carbonyl (C=O) groups excluding carboxylic acids is 1. The van der Waals surface area contributed by atoms with Crippen LogP contribution >= 0.6 is 0 Å². The summed E-state index contributed by atoms with van der Waals surface area (Å²) in [5.41, 5.74) is 0. The molecule has 0 aliphatic carbocycles. The first kappa shape index (κ1) is 12.4. The normalized spacial score (nSPS) is 41.3. The summed E-state index contributed by atoms with van der Waals surface area (Å²) in [6.07, 6.45) is -3.41. The van der Waals surface area contributed by atoms with Gasteiger partial charge in [0.1, 0.15) is 18.2 Å². The summed E-state index contributed by atoms with van der Waals surface area (Å²) in [4.78, 5) is 10.9. The van der Waals surface area contributed by atoms with Crippen LogP contribution in [0.25, 0.3) is 0 Å². The first-order valence-corrected chi connectivity index (χ1v) is 4.79. The third kappa shape index (κ3) is 2.66. The molecule has 88 valence electrons. The molecule has 3 N–H and O–H groups in total. The summed E-state index contributed by atoms with van der Waals surface area (Å²) in [7, 11) is 1.41. The second-order valence-corrected chi connectivity index (χ2v) is 3.65. The molecule has 1 aliphatic heterocycles. The van der Waals surface area contributed by atoms with Gasteiger partial charge in [0.15, 0.2) is 6.29 Å². The van der Waals surface area contributed by atoms with Crippen molar-refractivity contribution in [3.05, 3.63) is 0 Å². The molecule has 3 unspecified atom stereocenters. The lowest BCUT2D eigenvalue weighted by Crippen LogP contribution is -2.63. The molecular weight excluding hydrogens is 202 g/mol. The predicted octanol–water partition coefficient (Wildman–Crippen LogP) is -1.40. The number of aliphatic hydroxyl groups excluding tert-OH is 2. The van der Waals surface area contributed by atoms with Crippen molar-refractivity contribution in [2.75, 3.05) is 7.11 Å². The number of ether oxygens (including phenoxy) is 2. The van der Waals surface area contributed by atoms with Crippen LogP contribution in [0.1, 0.15) is 13.8 Å². The quantitative estimate of drug-likeness (QED) is 0.532. The third-order valence-corrected chi connectivity index (χ3v) is 2.44. The number of rotatable bonds is 2. The van der Waals surface area contributed by atoms with E-state index in [-0.39, 0.29) is 5.91 Å². The fraction of sp³-hybridized carbons (Fsp3) is 0.889. The highest BCUT2D eigenvalue weighted by molar-refractivity contribution is 5.73. The van der Waals surface area contributed by atoms with E-state index in [1.165, 1.54) is 14.0 Å². The van der Waals surface area contributed by atoms with Gasteiger partial charge in [-0.1, -0.05) is 0 Å². The number of amides is 1. The maximum Gasteiger partial charge on any atom is 0.217 e. The third-order valence-electron chi connectivity index (χ3n) is 2.44. The topological polar surface area (TPSA) is 88.0 Å². The van der Waals surface area contributed by atoms with E-state index in [4.69, 9.17) is 9.47 Å². The van der Waals surface area contributed by atoms with E-state index in [2.05, 4.69) is 5.32 Å². The van der Waals surface area contributed by atoms with Crippen LogP contribution in [0.3, 0.4) is 0 Å². The number of nitrogens with one attached hydrogen (secondary N) is 1. The molecule has 0 bridgehead atoms. The highest BCUT2D eigenvalue weighted by atomic mass is 16.7. The molecule has 5 atom stereocenters. The van der Waals surface area contributed by atoms with E-state index in [1.807, 2.05) is 0 Å². The maximum atomic E-state index is 10.9. The Hall–Kier alpha value is -0.690. The van der Waals surface area contributed by atoms with Crippen molar-refractivity contribution >= 4 is 5.91 Å². The van der Waals surface area contributed by atoms with Gasteiger partial charge in [0.2, 0.25) is 5.91 Å². The summed E-state index contributed by atoms with van der Waals surface area (Å²) in [5, 5.41) is 21.8. The second kappa shape index (κ2) is 4.89. The zero-order chi connectivity index (χ0) is 11.6. The van der Waals surface area contributed by atoms with Gasteiger partial charge in [0.05, 0.1) is 6.10 Å². The summed E-state index contributed by atoms with van der Waals surface area (Å²) in [6, 6.07) is -0.751. The van der Waals surface area contributed by atoms with E-state index in [0.717, 1.165) is 0 Å². The van der Waals surface area contributed by atoms with Gasteiger partial charge in [-0.15, -0.1) is 0 Å². The van der Waals surface area contributed by atoms with Gasteiger partial charge in [-0.3, -0.25) is 4.79 Å². The Labute approximate surface area is 88.2 Å². The molecule has 6 nitrogen and oxygen atoms in total. The Bertz CT molecular complexity index is 233. The predicted molar refractivity (Wildman–Crippen MR) is 51.0 cm³/mol. The Morgan fingerprint density at radius 1 is 1.40 bits per heavy atom. The number of hydrogen-bond donors (Lipinski definition) is 3. The molecular formula is C9H17NO5. The molecule has 0 aromatic heterocycles. The van der Waals surface area contributed by atoms with E-state index < -0.39 is 30.6 Å². The Morgan fingerprint density at radius 2 is 2.00 bits per heavy atom. The highest BCUT2D eigenvalue weighted by Crippen LogP contribution is 2.21. The van der Waals surface area contributed by atoms with Gasteiger partial charge in [-0.25, -0.2) is 0 Å². The average Bonchev–Trinajstić information content (AvgIpc) is 2.18. The zero-order valence-corrected chi connectivity index (χ0v) is 9.01. The molecule has 0 aromatic carbocycles. The molecule has 0 aromatic rings. The van der Waals surface area contributed by atoms with Gasteiger partial charge in [-0.05, 0) is 6.92 Å². The Kier molecular flexibility index (Phi) is 4.04. The van der Waals surface area contributed by atoms with Crippen molar-refractivity contribution in [1.82, 2.24) is 5.32 Å². The molecule has 0 radical (unpaired) electrons. The van der Waals surface area contributed by atoms with Gasteiger partial charge >= 0.3 is 0 Å². The monoisotopic (exact) mass is 219 g/mol. The lowest BCUT2D eigenvalue weighted by Gasteiger charge is -2.41. The van der Waals surface area contributed by atoms with Gasteiger partial charge in [0.25, 0.3) is 0 Å². The fourth-order valence-electron chi connectivity index (χ4n) is 1.62. The van der Waals surface area contributed by atoms with E-state index in [9.17, 15) is 15.0 Å². The van der Waals surface area contributed by atoms with Crippen molar-refractivity contribution in [2.24, 2.45) is 0 Å². The lowest BCUT2D eigenvalue weighted by molar-refractivity contribution is -0.252. The first-order valence-electron chi connectivity index (χ1n) is 4.79. The first-order chi connectivity index (χ1) is 6.97. The minimum atomic E-state index is -1.09. The van der Waals surface area contributed by atoms with Crippen LogP contribution in [0.2, 0.25) is 0 Å². The summed E-state index contributed by atoms with van der Waals surface area (Å²) in [6.45, 7) is 2.95. The van der Waals surface area contributed by atoms with Crippen molar-refractivity contribution < 1.29 is 24.5 Å². The minimum Gasteiger partial charge on any atom is -0.388 e. The van der Waals surface area contributed by atoms with E-state index >= 15 is 0 Å². The molecule has 6 heteroatoms. The number of hydrogen-bond acceptors (Lipinski definition) is 5. The molecule has 1 heterocycles. The van der Waals surface area contributed by atoms with E-state index in [0.29, 0.717) is 0 Å². The molecule has 0 spiro atoms. The molecule has 1 rings (SSSR count). The number of carbonyl (C=O) groups is 1. The standard InChI is InChI=1S/C9H17NO5/c1-4-7(12)8(13)6(10-5(2)11)9(14-3)15-4/h4,6-9,12-13H,1-3H3,(H,10,11)/t4-,6?,7?,8?,9+/m0/s1. The largest absolute Gasteiger partial charge is 0.388 e. The second-order valence-electron chi connectivity index (χ2n) is 3.65. The summed E-state index contributed by atoms with van der Waals surface area (Å²) < 4.78 is 10.3. The van der Waals surface area contributed by atoms with Gasteiger partial charge in [-0.2, -0.15) is 0 Å². The number of aliphatic hydroxyl groups is 2. The molecule has 15 heavy (non-hydrogen) atoms. The Morgan fingerprint density at radius 3 is 2.47 bits per heavy atom. The van der Waals surface area contributed by atoms with Crippen LogP contribution in [0.5, 0.6) is 0 Å². The summed E-state index contributed by atoms with van der Waals surface area (Å²) >= 11 is 0. The average molecular weight is 219 g/mol. The zero-order valence-electron chi connectivity index (χ0n) is 9.01. The van der Waals surface area contributed by atoms with Crippen LogP contribution in [0.4, 0.5) is 0 Å². The molecule has 1 saturated heterocycles. The smallest absolute Gasteiger partial charge is 0.217 e. The van der Waals surface area contributed by atoms with Crippen molar-refractivity contribution in [3.63, 3.8) is 0 Å². The SMILES string of the molecule is CO[C@@H]1O[C@@H](C)C(O)C(O)C1NC(C)=O. The van der Waals surface area contributed by atoms with Crippen LogP contribution < -0.4 is 5.32 Å². The van der Waals surface area contributed by atoms with Gasteiger partial charge < -0.3 is 25.0 Å². The van der Waals surface area contributed by atoms with Crippen molar-refractivity contribution in [2.45, 2.75) is 44.5 Å².